The Morgan fingerprint density at radius 1 is 1.11 bits per heavy atom. The summed E-state index contributed by atoms with van der Waals surface area (Å²) in [5, 5.41) is 0. The van der Waals surface area contributed by atoms with Gasteiger partial charge in [-0.25, -0.2) is 0 Å². The van der Waals surface area contributed by atoms with Gasteiger partial charge in [-0.3, -0.25) is 14.4 Å². The summed E-state index contributed by atoms with van der Waals surface area (Å²) in [4.78, 5) is 44.3. The predicted octanol–water partition coefficient (Wildman–Crippen LogP) is 2.14. The molecule has 2 fully saturated rings. The van der Waals surface area contributed by atoms with E-state index in [0.717, 1.165) is 25.9 Å². The molecular formula is C21H27N3O3. The lowest BCUT2D eigenvalue weighted by molar-refractivity contribution is -0.134. The molecule has 1 aromatic carbocycles. The Kier molecular flexibility index (Phi) is 4.66. The summed E-state index contributed by atoms with van der Waals surface area (Å²) in [7, 11) is 0. The van der Waals surface area contributed by atoms with E-state index in [9.17, 15) is 14.4 Å². The molecule has 3 aliphatic heterocycles. The van der Waals surface area contributed by atoms with Gasteiger partial charge in [0, 0.05) is 19.6 Å². The number of fused-ring (bicyclic) bond motifs is 2. The average Bonchev–Trinajstić information content (AvgIpc) is 3.11. The second-order valence-electron chi connectivity index (χ2n) is 8.34. The van der Waals surface area contributed by atoms with Crippen LogP contribution in [0.5, 0.6) is 0 Å². The van der Waals surface area contributed by atoms with E-state index in [-0.39, 0.29) is 24.3 Å². The fourth-order valence-corrected chi connectivity index (χ4v) is 4.87. The van der Waals surface area contributed by atoms with Crippen LogP contribution in [-0.4, -0.2) is 59.7 Å². The fourth-order valence-electron chi connectivity index (χ4n) is 4.87. The highest BCUT2D eigenvalue weighted by Gasteiger charge is 2.42. The van der Waals surface area contributed by atoms with Crippen LogP contribution < -0.4 is 4.90 Å². The van der Waals surface area contributed by atoms with Gasteiger partial charge in [0.25, 0.3) is 5.91 Å². The van der Waals surface area contributed by atoms with Crippen LogP contribution in [0.25, 0.3) is 0 Å². The van der Waals surface area contributed by atoms with Crippen molar-refractivity contribution in [3.8, 4) is 0 Å². The number of rotatable bonds is 2. The molecule has 0 N–H and O–H groups in total. The van der Waals surface area contributed by atoms with E-state index >= 15 is 0 Å². The van der Waals surface area contributed by atoms with Crippen LogP contribution in [0.3, 0.4) is 0 Å². The number of amides is 3. The van der Waals surface area contributed by atoms with Crippen molar-refractivity contribution in [3.05, 3.63) is 29.8 Å². The molecule has 27 heavy (non-hydrogen) atoms. The van der Waals surface area contributed by atoms with Crippen LogP contribution in [-0.2, 0) is 9.59 Å². The standard InChI is InChI=1S/C21H27N3O3/c1-14-10-15(2)12-22(11-14)19(25)13-24-17-7-4-3-6-16(17)20(26)23-9-5-8-18(23)21(24)27/h3-4,6-7,14-15,18H,5,8-13H2,1-2H3/t14-,15+,18-/m1/s1. The third kappa shape index (κ3) is 3.22. The third-order valence-electron chi connectivity index (χ3n) is 6.00. The molecule has 3 aliphatic rings. The van der Waals surface area contributed by atoms with Gasteiger partial charge in [-0.1, -0.05) is 26.0 Å². The van der Waals surface area contributed by atoms with E-state index in [2.05, 4.69) is 13.8 Å². The Morgan fingerprint density at radius 3 is 2.56 bits per heavy atom. The van der Waals surface area contributed by atoms with Gasteiger partial charge in [-0.15, -0.1) is 0 Å². The number of nitrogens with zero attached hydrogens (tertiary/aromatic N) is 3. The third-order valence-corrected chi connectivity index (χ3v) is 6.00. The van der Waals surface area contributed by atoms with Crippen LogP contribution in [0.4, 0.5) is 5.69 Å². The van der Waals surface area contributed by atoms with Crippen molar-refractivity contribution in [1.82, 2.24) is 9.80 Å². The van der Waals surface area contributed by atoms with E-state index in [1.807, 2.05) is 17.0 Å². The van der Waals surface area contributed by atoms with Crippen molar-refractivity contribution < 1.29 is 14.4 Å². The van der Waals surface area contributed by atoms with Gasteiger partial charge < -0.3 is 14.7 Å². The van der Waals surface area contributed by atoms with Gasteiger partial charge in [0.15, 0.2) is 0 Å². The van der Waals surface area contributed by atoms with Crippen LogP contribution >= 0.6 is 0 Å². The van der Waals surface area contributed by atoms with E-state index in [0.29, 0.717) is 36.1 Å². The van der Waals surface area contributed by atoms with Crippen molar-refractivity contribution in [2.24, 2.45) is 11.8 Å². The molecule has 3 atom stereocenters. The van der Waals surface area contributed by atoms with Gasteiger partial charge in [-0.2, -0.15) is 0 Å². The molecule has 0 spiro atoms. The van der Waals surface area contributed by atoms with E-state index in [1.54, 1.807) is 21.9 Å². The molecule has 0 bridgehead atoms. The molecule has 0 radical (unpaired) electrons. The van der Waals surface area contributed by atoms with Gasteiger partial charge in [0.05, 0.1) is 11.3 Å². The first-order chi connectivity index (χ1) is 13.0. The van der Waals surface area contributed by atoms with Crippen LogP contribution in [0.2, 0.25) is 0 Å². The molecule has 0 unspecified atom stereocenters. The van der Waals surface area contributed by atoms with Gasteiger partial charge in [0.1, 0.15) is 12.6 Å². The van der Waals surface area contributed by atoms with Crippen molar-refractivity contribution in [1.29, 1.82) is 0 Å². The highest BCUT2D eigenvalue weighted by molar-refractivity contribution is 6.12. The number of hydrogen-bond acceptors (Lipinski definition) is 3. The lowest BCUT2D eigenvalue weighted by Crippen LogP contribution is -2.51. The Morgan fingerprint density at radius 2 is 1.81 bits per heavy atom. The summed E-state index contributed by atoms with van der Waals surface area (Å²) >= 11 is 0. The number of anilines is 1. The maximum atomic E-state index is 13.2. The summed E-state index contributed by atoms with van der Waals surface area (Å²) in [6.45, 7) is 6.41. The minimum Gasteiger partial charge on any atom is -0.341 e. The summed E-state index contributed by atoms with van der Waals surface area (Å²) in [6.07, 6.45) is 2.62. The number of carbonyl (C=O) groups is 3. The second-order valence-corrected chi connectivity index (χ2v) is 8.34. The van der Waals surface area contributed by atoms with Crippen LogP contribution in [0.1, 0.15) is 43.5 Å². The Hall–Kier alpha value is -2.37. The normalized spacial score (nSPS) is 28.1. The first kappa shape index (κ1) is 18.0. The number of hydrogen-bond donors (Lipinski definition) is 0. The Labute approximate surface area is 160 Å². The molecule has 3 amide bonds. The largest absolute Gasteiger partial charge is 0.341 e. The second kappa shape index (κ2) is 6.98. The molecule has 4 rings (SSSR count). The van der Waals surface area contributed by atoms with E-state index < -0.39 is 6.04 Å². The van der Waals surface area contributed by atoms with Crippen molar-refractivity contribution in [2.45, 2.75) is 39.2 Å². The highest BCUT2D eigenvalue weighted by atomic mass is 16.2. The first-order valence-electron chi connectivity index (χ1n) is 9.95. The molecule has 0 saturated carbocycles. The minimum absolute atomic E-state index is 0.00685. The number of likely N-dealkylation sites (tertiary alicyclic amines) is 1. The zero-order valence-electron chi connectivity index (χ0n) is 16.1. The Balaban J connectivity index is 1.64. The van der Waals surface area contributed by atoms with E-state index in [4.69, 9.17) is 0 Å². The summed E-state index contributed by atoms with van der Waals surface area (Å²) in [6, 6.07) is 6.72. The fraction of sp³-hybridized carbons (Fsp3) is 0.571. The maximum Gasteiger partial charge on any atom is 0.256 e. The topological polar surface area (TPSA) is 60.9 Å². The van der Waals surface area contributed by atoms with Gasteiger partial charge >= 0.3 is 0 Å². The number of piperidine rings is 1. The molecule has 0 aromatic heterocycles. The van der Waals surface area contributed by atoms with Crippen LogP contribution in [0, 0.1) is 11.8 Å². The zero-order valence-corrected chi connectivity index (χ0v) is 16.1. The molecule has 0 aliphatic carbocycles. The Bertz CT molecular complexity index is 768. The van der Waals surface area contributed by atoms with Crippen molar-refractivity contribution in [2.75, 3.05) is 31.1 Å². The lowest BCUT2D eigenvalue weighted by Gasteiger charge is -2.36. The molecule has 6 nitrogen and oxygen atoms in total. The number of carbonyl (C=O) groups excluding carboxylic acids is 3. The number of benzene rings is 1. The van der Waals surface area contributed by atoms with Crippen molar-refractivity contribution in [3.63, 3.8) is 0 Å². The smallest absolute Gasteiger partial charge is 0.256 e. The molecule has 2 saturated heterocycles. The highest BCUT2D eigenvalue weighted by Crippen LogP contribution is 2.32. The molecular weight excluding hydrogens is 342 g/mol. The summed E-state index contributed by atoms with van der Waals surface area (Å²) in [5.41, 5.74) is 1.08. The van der Waals surface area contributed by atoms with Crippen LogP contribution in [0.15, 0.2) is 24.3 Å². The van der Waals surface area contributed by atoms with Gasteiger partial charge in [0.2, 0.25) is 11.8 Å². The summed E-state index contributed by atoms with van der Waals surface area (Å²) < 4.78 is 0. The molecule has 144 valence electrons. The van der Waals surface area contributed by atoms with Crippen molar-refractivity contribution >= 4 is 23.4 Å². The minimum atomic E-state index is -0.447. The first-order valence-corrected chi connectivity index (χ1v) is 9.95. The average molecular weight is 369 g/mol. The predicted molar refractivity (Wildman–Crippen MR) is 102 cm³/mol. The SMILES string of the molecule is C[C@@H]1C[C@H](C)CN(C(=O)CN2C(=O)[C@H]3CCCN3C(=O)c3ccccc32)C1. The van der Waals surface area contributed by atoms with Gasteiger partial charge in [-0.05, 0) is 43.2 Å². The lowest BCUT2D eigenvalue weighted by atomic mass is 9.92. The van der Waals surface area contributed by atoms with E-state index in [1.165, 1.54) is 0 Å². The molecule has 3 heterocycles. The summed E-state index contributed by atoms with van der Waals surface area (Å²) in [5.74, 6) is 0.678. The maximum absolute atomic E-state index is 13.2. The molecule has 6 heteroatoms. The molecule has 1 aromatic rings. The quantitative estimate of drug-likeness (QED) is 0.802. The zero-order chi connectivity index (χ0) is 19.1. The number of para-hydroxylation sites is 1. The monoisotopic (exact) mass is 369 g/mol.